The molecule has 0 spiro atoms. The van der Waals surface area contributed by atoms with Crippen LogP contribution in [-0.4, -0.2) is 28.9 Å². The molecule has 1 aliphatic rings. The van der Waals surface area contributed by atoms with E-state index in [1.165, 1.54) is 0 Å². The third kappa shape index (κ3) is 4.10. The average Bonchev–Trinajstić information content (AvgIpc) is 3.04. The lowest BCUT2D eigenvalue weighted by Gasteiger charge is -2.27. The fourth-order valence-corrected chi connectivity index (χ4v) is 2.90. The topological polar surface area (TPSA) is 87.4 Å². The molecule has 3 rings (SSSR count). The number of hydrogen-bond donors (Lipinski definition) is 3. The zero-order valence-corrected chi connectivity index (χ0v) is 12.9. The van der Waals surface area contributed by atoms with Gasteiger partial charge in [-0.25, -0.2) is 4.79 Å². The summed E-state index contributed by atoms with van der Waals surface area (Å²) in [4.78, 5) is 12.0. The standard InChI is InChI=1S/C17H21N3O3/c21-11-12-6-8-14(9-7-12)18-17(22)19-16-10-15(23-20-16)13-4-2-1-3-5-13/h1-5,10,12,14,21H,6-9,11H2,(H2,18,19,20,22). The van der Waals surface area contributed by atoms with Crippen LogP contribution in [0.1, 0.15) is 25.7 Å². The number of carbonyl (C=O) groups is 1. The number of urea groups is 1. The Kier molecular flexibility index (Phi) is 4.92. The normalized spacial score (nSPS) is 20.9. The highest BCUT2D eigenvalue weighted by atomic mass is 16.5. The van der Waals surface area contributed by atoms with E-state index in [-0.39, 0.29) is 18.7 Å². The van der Waals surface area contributed by atoms with E-state index >= 15 is 0 Å². The van der Waals surface area contributed by atoms with Gasteiger partial charge in [-0.15, -0.1) is 0 Å². The molecule has 6 heteroatoms. The Hall–Kier alpha value is -2.34. The molecule has 1 fully saturated rings. The van der Waals surface area contributed by atoms with Gasteiger partial charge in [-0.2, -0.15) is 0 Å². The summed E-state index contributed by atoms with van der Waals surface area (Å²) in [6.07, 6.45) is 3.69. The van der Waals surface area contributed by atoms with Gasteiger partial charge in [-0.05, 0) is 31.6 Å². The number of nitrogens with one attached hydrogen (secondary N) is 2. The van der Waals surface area contributed by atoms with Crippen molar-refractivity contribution in [2.24, 2.45) is 5.92 Å². The van der Waals surface area contributed by atoms with Crippen molar-refractivity contribution in [3.8, 4) is 11.3 Å². The quantitative estimate of drug-likeness (QED) is 0.809. The van der Waals surface area contributed by atoms with Crippen LogP contribution in [-0.2, 0) is 0 Å². The van der Waals surface area contributed by atoms with E-state index in [0.717, 1.165) is 31.2 Å². The summed E-state index contributed by atoms with van der Waals surface area (Å²) in [5.41, 5.74) is 0.913. The van der Waals surface area contributed by atoms with Crippen LogP contribution in [0.5, 0.6) is 0 Å². The molecule has 0 atom stereocenters. The highest BCUT2D eigenvalue weighted by Gasteiger charge is 2.22. The molecule has 1 saturated carbocycles. The molecule has 0 bridgehead atoms. The van der Waals surface area contributed by atoms with Crippen molar-refractivity contribution in [1.82, 2.24) is 10.5 Å². The van der Waals surface area contributed by atoms with Crippen molar-refractivity contribution in [2.45, 2.75) is 31.7 Å². The number of aliphatic hydroxyl groups excluding tert-OH is 1. The van der Waals surface area contributed by atoms with Crippen LogP contribution in [0.15, 0.2) is 40.9 Å². The first-order valence-electron chi connectivity index (χ1n) is 7.95. The summed E-state index contributed by atoms with van der Waals surface area (Å²) in [6, 6.07) is 11.2. The molecule has 0 radical (unpaired) electrons. The van der Waals surface area contributed by atoms with Gasteiger partial charge < -0.3 is 14.9 Å². The van der Waals surface area contributed by atoms with E-state index in [0.29, 0.717) is 17.5 Å². The maximum Gasteiger partial charge on any atom is 0.320 e. The number of rotatable bonds is 4. The molecule has 0 unspecified atom stereocenters. The molecule has 1 aromatic heterocycles. The number of carbonyl (C=O) groups excluding carboxylic acids is 1. The number of nitrogens with zero attached hydrogens (tertiary/aromatic N) is 1. The number of aliphatic hydroxyl groups is 1. The lowest BCUT2D eigenvalue weighted by Crippen LogP contribution is -2.40. The first-order chi connectivity index (χ1) is 11.2. The van der Waals surface area contributed by atoms with E-state index in [2.05, 4.69) is 15.8 Å². The molecule has 1 heterocycles. The lowest BCUT2D eigenvalue weighted by molar-refractivity contribution is 0.176. The Morgan fingerprint density at radius 1 is 1.22 bits per heavy atom. The number of anilines is 1. The third-order valence-electron chi connectivity index (χ3n) is 4.25. The van der Waals surface area contributed by atoms with Crippen LogP contribution < -0.4 is 10.6 Å². The highest BCUT2D eigenvalue weighted by Crippen LogP contribution is 2.24. The summed E-state index contributed by atoms with van der Waals surface area (Å²) in [5, 5.41) is 18.7. The molecule has 0 saturated heterocycles. The molecule has 23 heavy (non-hydrogen) atoms. The van der Waals surface area contributed by atoms with Crippen molar-refractivity contribution in [1.29, 1.82) is 0 Å². The number of amides is 2. The van der Waals surface area contributed by atoms with Crippen LogP contribution in [0.2, 0.25) is 0 Å². The first kappa shape index (κ1) is 15.6. The van der Waals surface area contributed by atoms with E-state index in [9.17, 15) is 4.79 Å². The largest absolute Gasteiger partial charge is 0.396 e. The molecular weight excluding hydrogens is 294 g/mol. The minimum atomic E-state index is -0.273. The Morgan fingerprint density at radius 2 is 1.96 bits per heavy atom. The van der Waals surface area contributed by atoms with Gasteiger partial charge >= 0.3 is 6.03 Å². The second-order valence-corrected chi connectivity index (χ2v) is 5.94. The summed E-state index contributed by atoms with van der Waals surface area (Å²) in [6.45, 7) is 0.236. The van der Waals surface area contributed by atoms with Crippen molar-refractivity contribution in [2.75, 3.05) is 11.9 Å². The Bertz CT molecular complexity index is 634. The highest BCUT2D eigenvalue weighted by molar-refractivity contribution is 5.88. The third-order valence-corrected chi connectivity index (χ3v) is 4.25. The summed E-state index contributed by atoms with van der Waals surface area (Å²) in [5.74, 6) is 1.38. The second kappa shape index (κ2) is 7.28. The monoisotopic (exact) mass is 315 g/mol. The predicted octanol–water partition coefficient (Wildman–Crippen LogP) is 3.01. The smallest absolute Gasteiger partial charge is 0.320 e. The van der Waals surface area contributed by atoms with Gasteiger partial charge in [-0.3, -0.25) is 5.32 Å². The van der Waals surface area contributed by atoms with E-state index in [1.807, 2.05) is 30.3 Å². The first-order valence-corrected chi connectivity index (χ1v) is 7.95. The van der Waals surface area contributed by atoms with Crippen LogP contribution in [0.3, 0.4) is 0 Å². The molecule has 2 amide bonds. The Balaban J connectivity index is 1.52. The van der Waals surface area contributed by atoms with Crippen molar-refractivity contribution in [3.05, 3.63) is 36.4 Å². The van der Waals surface area contributed by atoms with Crippen LogP contribution in [0.4, 0.5) is 10.6 Å². The summed E-state index contributed by atoms with van der Waals surface area (Å²) >= 11 is 0. The fourth-order valence-electron chi connectivity index (χ4n) is 2.90. The van der Waals surface area contributed by atoms with E-state index < -0.39 is 0 Å². The van der Waals surface area contributed by atoms with Gasteiger partial charge in [0.25, 0.3) is 0 Å². The molecule has 3 N–H and O–H groups in total. The molecule has 1 aliphatic carbocycles. The van der Waals surface area contributed by atoms with Gasteiger partial charge in [0.15, 0.2) is 11.6 Å². The van der Waals surface area contributed by atoms with Gasteiger partial charge in [0.2, 0.25) is 0 Å². The van der Waals surface area contributed by atoms with E-state index in [1.54, 1.807) is 6.07 Å². The van der Waals surface area contributed by atoms with Crippen LogP contribution >= 0.6 is 0 Å². The molecule has 122 valence electrons. The molecule has 0 aliphatic heterocycles. The van der Waals surface area contributed by atoms with Crippen LogP contribution in [0.25, 0.3) is 11.3 Å². The minimum absolute atomic E-state index is 0.151. The molecule has 2 aromatic rings. The maximum absolute atomic E-state index is 12.0. The lowest BCUT2D eigenvalue weighted by atomic mass is 9.87. The van der Waals surface area contributed by atoms with Crippen molar-refractivity contribution < 1.29 is 14.4 Å². The van der Waals surface area contributed by atoms with Crippen molar-refractivity contribution >= 4 is 11.8 Å². The number of aromatic nitrogens is 1. The molecule has 6 nitrogen and oxygen atoms in total. The SMILES string of the molecule is O=C(Nc1cc(-c2ccccc2)on1)NC1CCC(CO)CC1. The fraction of sp³-hybridized carbons (Fsp3) is 0.412. The van der Waals surface area contributed by atoms with Crippen molar-refractivity contribution in [3.63, 3.8) is 0 Å². The zero-order chi connectivity index (χ0) is 16.1. The number of hydrogen-bond acceptors (Lipinski definition) is 4. The van der Waals surface area contributed by atoms with Gasteiger partial charge in [-0.1, -0.05) is 35.5 Å². The summed E-state index contributed by atoms with van der Waals surface area (Å²) < 4.78 is 5.25. The minimum Gasteiger partial charge on any atom is -0.396 e. The predicted molar refractivity (Wildman–Crippen MR) is 86.9 cm³/mol. The molecular formula is C17H21N3O3. The van der Waals surface area contributed by atoms with Crippen LogP contribution in [0, 0.1) is 5.92 Å². The van der Waals surface area contributed by atoms with E-state index in [4.69, 9.17) is 9.63 Å². The van der Waals surface area contributed by atoms with Gasteiger partial charge in [0.1, 0.15) is 0 Å². The number of benzene rings is 1. The summed E-state index contributed by atoms with van der Waals surface area (Å²) in [7, 11) is 0. The molecule has 1 aromatic carbocycles. The average molecular weight is 315 g/mol. The Morgan fingerprint density at radius 3 is 2.65 bits per heavy atom. The second-order valence-electron chi connectivity index (χ2n) is 5.94. The zero-order valence-electron chi connectivity index (χ0n) is 12.9. The van der Waals surface area contributed by atoms with Gasteiger partial charge in [0, 0.05) is 24.3 Å². The maximum atomic E-state index is 12.0. The van der Waals surface area contributed by atoms with Gasteiger partial charge in [0.05, 0.1) is 0 Å². The Labute approximate surface area is 134 Å².